The van der Waals surface area contributed by atoms with Crippen molar-refractivity contribution in [2.45, 2.75) is 98.8 Å². The monoisotopic (exact) mass is 372 g/mol. The molecule has 0 bridgehead atoms. The molecule has 0 spiro atoms. The van der Waals surface area contributed by atoms with Crippen LogP contribution in [-0.4, -0.2) is 5.11 Å². The first kappa shape index (κ1) is 23.8. The van der Waals surface area contributed by atoms with E-state index in [1.54, 1.807) is 6.07 Å². The van der Waals surface area contributed by atoms with Gasteiger partial charge in [0.2, 0.25) is 0 Å². The SMILES string of the molecule is C/C(=C\Cc1ccccc1O)CCCC(C)CCCC(C)CCCC(C)C. The van der Waals surface area contributed by atoms with Gasteiger partial charge in [0.05, 0.1) is 0 Å². The summed E-state index contributed by atoms with van der Waals surface area (Å²) in [6, 6.07) is 7.64. The number of hydrogen-bond donors (Lipinski definition) is 1. The van der Waals surface area contributed by atoms with Crippen molar-refractivity contribution in [1.82, 2.24) is 0 Å². The molecule has 1 N–H and O–H groups in total. The summed E-state index contributed by atoms with van der Waals surface area (Å²) in [5.41, 5.74) is 2.47. The van der Waals surface area contributed by atoms with E-state index in [0.717, 1.165) is 29.7 Å². The average Bonchev–Trinajstić information content (AvgIpc) is 2.60. The molecule has 0 heterocycles. The summed E-state index contributed by atoms with van der Waals surface area (Å²) in [7, 11) is 0. The van der Waals surface area contributed by atoms with Gasteiger partial charge in [-0.3, -0.25) is 0 Å². The van der Waals surface area contributed by atoms with Gasteiger partial charge in [-0.05, 0) is 55.6 Å². The lowest BCUT2D eigenvalue weighted by Gasteiger charge is -2.15. The highest BCUT2D eigenvalue weighted by Gasteiger charge is 2.07. The Labute approximate surface area is 169 Å². The first-order chi connectivity index (χ1) is 12.9. The summed E-state index contributed by atoms with van der Waals surface area (Å²) >= 11 is 0. The van der Waals surface area contributed by atoms with Crippen LogP contribution in [0, 0.1) is 17.8 Å². The fourth-order valence-corrected chi connectivity index (χ4v) is 3.78. The third-order valence-corrected chi connectivity index (χ3v) is 5.80. The van der Waals surface area contributed by atoms with Gasteiger partial charge >= 0.3 is 0 Å². The molecule has 1 aromatic carbocycles. The van der Waals surface area contributed by atoms with E-state index in [-0.39, 0.29) is 0 Å². The van der Waals surface area contributed by atoms with Crippen LogP contribution in [0.4, 0.5) is 0 Å². The van der Waals surface area contributed by atoms with Gasteiger partial charge in [0.25, 0.3) is 0 Å². The summed E-state index contributed by atoms with van der Waals surface area (Å²) in [6.45, 7) is 11.7. The van der Waals surface area contributed by atoms with Crippen LogP contribution in [0.1, 0.15) is 98.0 Å². The van der Waals surface area contributed by atoms with Crippen molar-refractivity contribution in [3.8, 4) is 5.75 Å². The Hall–Kier alpha value is -1.24. The van der Waals surface area contributed by atoms with Gasteiger partial charge in [-0.15, -0.1) is 0 Å². The number of aromatic hydroxyl groups is 1. The van der Waals surface area contributed by atoms with Gasteiger partial charge in [0.1, 0.15) is 5.75 Å². The molecule has 1 nitrogen and oxygen atoms in total. The van der Waals surface area contributed by atoms with Crippen LogP contribution >= 0.6 is 0 Å². The highest BCUT2D eigenvalue weighted by molar-refractivity contribution is 5.33. The number of para-hydroxylation sites is 1. The quantitative estimate of drug-likeness (QED) is 0.325. The predicted octanol–water partition coefficient (Wildman–Crippen LogP) is 8.32. The highest BCUT2D eigenvalue weighted by atomic mass is 16.3. The second kappa shape index (κ2) is 13.9. The largest absolute Gasteiger partial charge is 0.508 e. The lowest BCUT2D eigenvalue weighted by Crippen LogP contribution is -2.00. The molecule has 0 aromatic heterocycles. The van der Waals surface area contributed by atoms with Crippen molar-refractivity contribution in [2.24, 2.45) is 17.8 Å². The van der Waals surface area contributed by atoms with Crippen molar-refractivity contribution >= 4 is 0 Å². The number of rotatable bonds is 14. The Morgan fingerprint density at radius 1 is 0.852 bits per heavy atom. The molecule has 0 aliphatic heterocycles. The number of hydrogen-bond acceptors (Lipinski definition) is 1. The molecule has 2 unspecified atom stereocenters. The number of phenols is 1. The van der Waals surface area contributed by atoms with E-state index < -0.39 is 0 Å². The standard InChI is InChI=1S/C26H44O/c1-21(2)11-8-12-22(3)13-9-14-23(4)15-10-16-24(5)19-20-25-17-6-7-18-26(25)27/h6-7,17-19,21-23,27H,8-16,20H2,1-5H3/b24-19+. The van der Waals surface area contributed by atoms with Crippen LogP contribution in [0.5, 0.6) is 5.75 Å². The number of phenolic OH excluding ortho intramolecular Hbond substituents is 1. The minimum atomic E-state index is 0.411. The lowest BCUT2D eigenvalue weighted by atomic mass is 9.91. The molecule has 0 aliphatic carbocycles. The van der Waals surface area contributed by atoms with E-state index in [0.29, 0.717) is 5.75 Å². The number of allylic oxidation sites excluding steroid dienone is 2. The highest BCUT2D eigenvalue weighted by Crippen LogP contribution is 2.22. The number of benzene rings is 1. The van der Waals surface area contributed by atoms with Gasteiger partial charge in [-0.25, -0.2) is 0 Å². The van der Waals surface area contributed by atoms with Crippen molar-refractivity contribution in [2.75, 3.05) is 0 Å². The Morgan fingerprint density at radius 2 is 1.41 bits per heavy atom. The Balaban J connectivity index is 2.11. The van der Waals surface area contributed by atoms with Crippen LogP contribution in [0.15, 0.2) is 35.9 Å². The zero-order chi connectivity index (χ0) is 20.1. The third-order valence-electron chi connectivity index (χ3n) is 5.80. The van der Waals surface area contributed by atoms with Crippen molar-refractivity contribution in [3.63, 3.8) is 0 Å². The molecule has 2 atom stereocenters. The molecule has 1 rings (SSSR count). The fourth-order valence-electron chi connectivity index (χ4n) is 3.78. The minimum absolute atomic E-state index is 0.411. The predicted molar refractivity (Wildman–Crippen MR) is 120 cm³/mol. The Morgan fingerprint density at radius 3 is 2.00 bits per heavy atom. The van der Waals surface area contributed by atoms with E-state index in [1.165, 1.54) is 63.4 Å². The molecule has 0 amide bonds. The third kappa shape index (κ3) is 12.0. The average molecular weight is 373 g/mol. The minimum Gasteiger partial charge on any atom is -0.508 e. The van der Waals surface area contributed by atoms with E-state index in [2.05, 4.69) is 40.7 Å². The molecule has 1 aromatic rings. The summed E-state index contributed by atoms with van der Waals surface area (Å²) in [6.07, 6.45) is 15.3. The summed E-state index contributed by atoms with van der Waals surface area (Å²) in [5, 5.41) is 9.84. The molecule has 0 radical (unpaired) electrons. The van der Waals surface area contributed by atoms with Gasteiger partial charge < -0.3 is 5.11 Å². The van der Waals surface area contributed by atoms with Crippen LogP contribution in [0.3, 0.4) is 0 Å². The van der Waals surface area contributed by atoms with Gasteiger partial charge in [0.15, 0.2) is 0 Å². The topological polar surface area (TPSA) is 20.2 Å². The summed E-state index contributed by atoms with van der Waals surface area (Å²) in [5.74, 6) is 3.01. The smallest absolute Gasteiger partial charge is 0.119 e. The zero-order valence-electron chi connectivity index (χ0n) is 18.6. The van der Waals surface area contributed by atoms with Crippen LogP contribution in [0.25, 0.3) is 0 Å². The van der Waals surface area contributed by atoms with Crippen LogP contribution in [-0.2, 0) is 6.42 Å². The molecular weight excluding hydrogens is 328 g/mol. The Kier molecular flexibility index (Phi) is 12.2. The molecule has 27 heavy (non-hydrogen) atoms. The van der Waals surface area contributed by atoms with Crippen molar-refractivity contribution < 1.29 is 5.11 Å². The maximum absolute atomic E-state index is 9.84. The van der Waals surface area contributed by atoms with Crippen molar-refractivity contribution in [1.29, 1.82) is 0 Å². The van der Waals surface area contributed by atoms with Crippen LogP contribution < -0.4 is 0 Å². The second-order valence-electron chi connectivity index (χ2n) is 9.24. The maximum Gasteiger partial charge on any atom is 0.119 e. The first-order valence-corrected chi connectivity index (χ1v) is 11.3. The van der Waals surface area contributed by atoms with E-state index in [1.807, 2.05) is 18.2 Å². The molecule has 0 aliphatic rings. The zero-order valence-corrected chi connectivity index (χ0v) is 18.6. The Bertz CT molecular complexity index is 529. The normalized spacial score (nSPS) is 14.5. The van der Waals surface area contributed by atoms with E-state index in [4.69, 9.17) is 0 Å². The van der Waals surface area contributed by atoms with Gasteiger partial charge in [-0.2, -0.15) is 0 Å². The maximum atomic E-state index is 9.84. The second-order valence-corrected chi connectivity index (χ2v) is 9.24. The molecule has 154 valence electrons. The molecule has 1 heteroatoms. The fraction of sp³-hybridized carbons (Fsp3) is 0.692. The molecular formula is C26H44O. The van der Waals surface area contributed by atoms with E-state index >= 15 is 0 Å². The van der Waals surface area contributed by atoms with Crippen LogP contribution in [0.2, 0.25) is 0 Å². The summed E-state index contributed by atoms with van der Waals surface area (Å²) < 4.78 is 0. The molecule has 0 saturated carbocycles. The lowest BCUT2D eigenvalue weighted by molar-refractivity contribution is 0.389. The first-order valence-electron chi connectivity index (χ1n) is 11.3. The summed E-state index contributed by atoms with van der Waals surface area (Å²) in [4.78, 5) is 0. The van der Waals surface area contributed by atoms with Gasteiger partial charge in [0, 0.05) is 0 Å². The van der Waals surface area contributed by atoms with Gasteiger partial charge in [-0.1, -0.05) is 102 Å². The van der Waals surface area contributed by atoms with E-state index in [9.17, 15) is 5.11 Å². The van der Waals surface area contributed by atoms with Crippen molar-refractivity contribution in [3.05, 3.63) is 41.5 Å². The molecule has 0 fully saturated rings. The molecule has 0 saturated heterocycles.